The summed E-state index contributed by atoms with van der Waals surface area (Å²) in [5.74, 6) is 0. The Hall–Kier alpha value is -0.900. The molecule has 0 bridgehead atoms. The Morgan fingerprint density at radius 3 is 2.61 bits per heavy atom. The molecule has 2 rings (SSSR count). The van der Waals surface area contributed by atoms with Crippen LogP contribution in [0.1, 0.15) is 18.5 Å². The number of nitrogens with one attached hydrogen (secondary N) is 1. The maximum atomic E-state index is 3.44. The van der Waals surface area contributed by atoms with E-state index < -0.39 is 0 Å². The predicted molar refractivity (Wildman–Crippen MR) is 76.8 cm³/mol. The second-order valence-electron chi connectivity index (χ2n) is 5.34. The van der Waals surface area contributed by atoms with Crippen molar-refractivity contribution in [2.24, 2.45) is 0 Å². The zero-order valence-corrected chi connectivity index (χ0v) is 11.8. The number of nitrogens with zero attached hydrogens (tertiary/aromatic N) is 2. The van der Waals surface area contributed by atoms with Crippen molar-refractivity contribution in [2.45, 2.75) is 19.0 Å². The number of benzene rings is 1. The third kappa shape index (κ3) is 3.31. The van der Waals surface area contributed by atoms with Crippen LogP contribution in [0.2, 0.25) is 0 Å². The molecule has 0 spiro atoms. The lowest BCUT2D eigenvalue weighted by Crippen LogP contribution is -2.51. The maximum Gasteiger partial charge on any atom is 0.0446 e. The van der Waals surface area contributed by atoms with Crippen LogP contribution in [0.3, 0.4) is 0 Å². The molecule has 2 atom stereocenters. The number of piperazine rings is 1. The molecule has 1 N–H and O–H groups in total. The average molecular weight is 247 g/mol. The van der Waals surface area contributed by atoms with Gasteiger partial charge in [-0.1, -0.05) is 30.3 Å². The number of likely N-dealkylation sites (N-methyl/N-ethyl adjacent to an activating group) is 2. The Morgan fingerprint density at radius 2 is 2.00 bits per heavy atom. The van der Waals surface area contributed by atoms with E-state index in [1.54, 1.807) is 0 Å². The minimum atomic E-state index is 0.432. The summed E-state index contributed by atoms with van der Waals surface area (Å²) >= 11 is 0. The van der Waals surface area contributed by atoms with Crippen molar-refractivity contribution in [1.82, 2.24) is 15.1 Å². The normalized spacial score (nSPS) is 24.1. The van der Waals surface area contributed by atoms with Gasteiger partial charge in [0, 0.05) is 38.3 Å². The van der Waals surface area contributed by atoms with Crippen LogP contribution in [0, 0.1) is 0 Å². The van der Waals surface area contributed by atoms with E-state index in [4.69, 9.17) is 0 Å². The molecule has 1 aromatic carbocycles. The Morgan fingerprint density at radius 1 is 1.28 bits per heavy atom. The van der Waals surface area contributed by atoms with Gasteiger partial charge in [-0.05, 0) is 26.6 Å². The lowest BCUT2D eigenvalue weighted by atomic mass is 10.1. The van der Waals surface area contributed by atoms with Gasteiger partial charge in [0.05, 0.1) is 0 Å². The molecular formula is C15H25N3. The highest BCUT2D eigenvalue weighted by atomic mass is 15.3. The summed E-state index contributed by atoms with van der Waals surface area (Å²) in [6.07, 6.45) is 0. The van der Waals surface area contributed by atoms with Gasteiger partial charge in [0.15, 0.2) is 0 Å². The number of hydrogen-bond acceptors (Lipinski definition) is 3. The molecular weight excluding hydrogens is 222 g/mol. The molecule has 1 heterocycles. The Bertz CT molecular complexity index is 352. The first-order chi connectivity index (χ1) is 8.70. The first-order valence-electron chi connectivity index (χ1n) is 6.85. The van der Waals surface area contributed by atoms with Gasteiger partial charge < -0.3 is 10.2 Å². The molecule has 0 saturated carbocycles. The van der Waals surface area contributed by atoms with Crippen molar-refractivity contribution in [3.05, 3.63) is 35.9 Å². The van der Waals surface area contributed by atoms with Gasteiger partial charge in [0.2, 0.25) is 0 Å². The SMILES string of the molecule is CNC(CN1CCN(C)C(C)C1)c1ccccc1. The molecule has 0 amide bonds. The molecule has 0 aromatic heterocycles. The minimum absolute atomic E-state index is 0.432. The Balaban J connectivity index is 1.95. The molecule has 1 saturated heterocycles. The molecule has 1 aliphatic rings. The topological polar surface area (TPSA) is 18.5 Å². The number of hydrogen-bond donors (Lipinski definition) is 1. The summed E-state index contributed by atoms with van der Waals surface area (Å²) in [4.78, 5) is 5.01. The van der Waals surface area contributed by atoms with Gasteiger partial charge in [-0.15, -0.1) is 0 Å². The van der Waals surface area contributed by atoms with E-state index in [1.165, 1.54) is 25.2 Å². The summed E-state index contributed by atoms with van der Waals surface area (Å²) in [5, 5.41) is 3.44. The summed E-state index contributed by atoms with van der Waals surface area (Å²) in [7, 11) is 4.27. The third-order valence-corrected chi connectivity index (χ3v) is 4.03. The highest BCUT2D eigenvalue weighted by Crippen LogP contribution is 2.16. The first kappa shape index (κ1) is 13.5. The van der Waals surface area contributed by atoms with Gasteiger partial charge in [-0.25, -0.2) is 0 Å². The van der Waals surface area contributed by atoms with Crippen LogP contribution in [0.25, 0.3) is 0 Å². The fraction of sp³-hybridized carbons (Fsp3) is 0.600. The molecule has 1 aliphatic heterocycles. The maximum absolute atomic E-state index is 3.44. The zero-order chi connectivity index (χ0) is 13.0. The van der Waals surface area contributed by atoms with Gasteiger partial charge >= 0.3 is 0 Å². The van der Waals surface area contributed by atoms with Crippen molar-refractivity contribution in [1.29, 1.82) is 0 Å². The van der Waals surface area contributed by atoms with Crippen LogP contribution in [0.15, 0.2) is 30.3 Å². The smallest absolute Gasteiger partial charge is 0.0446 e. The van der Waals surface area contributed by atoms with E-state index in [0.717, 1.165) is 6.54 Å². The third-order valence-electron chi connectivity index (χ3n) is 4.03. The van der Waals surface area contributed by atoms with Crippen LogP contribution in [-0.2, 0) is 0 Å². The fourth-order valence-electron chi connectivity index (χ4n) is 2.60. The Labute approximate surface area is 111 Å². The standard InChI is InChI=1S/C15H25N3/c1-13-11-18(10-9-17(13)3)12-15(16-2)14-7-5-4-6-8-14/h4-8,13,15-16H,9-12H2,1-3H3. The zero-order valence-electron chi connectivity index (χ0n) is 11.8. The average Bonchev–Trinajstić information content (AvgIpc) is 2.41. The lowest BCUT2D eigenvalue weighted by molar-refractivity contribution is 0.0977. The van der Waals surface area contributed by atoms with Gasteiger partial charge in [-0.2, -0.15) is 0 Å². The quantitative estimate of drug-likeness (QED) is 0.871. The van der Waals surface area contributed by atoms with E-state index in [9.17, 15) is 0 Å². The molecule has 18 heavy (non-hydrogen) atoms. The highest BCUT2D eigenvalue weighted by molar-refractivity contribution is 5.19. The molecule has 1 aromatic rings. The molecule has 0 aliphatic carbocycles. The molecule has 100 valence electrons. The summed E-state index contributed by atoms with van der Waals surface area (Å²) in [6.45, 7) is 6.92. The van der Waals surface area contributed by atoms with Crippen LogP contribution in [0.5, 0.6) is 0 Å². The van der Waals surface area contributed by atoms with Crippen LogP contribution in [0.4, 0.5) is 0 Å². The molecule has 0 radical (unpaired) electrons. The van der Waals surface area contributed by atoms with Crippen LogP contribution in [-0.4, -0.2) is 56.1 Å². The van der Waals surface area contributed by atoms with Crippen molar-refractivity contribution in [3.8, 4) is 0 Å². The van der Waals surface area contributed by atoms with Gasteiger partial charge in [0.1, 0.15) is 0 Å². The monoisotopic (exact) mass is 247 g/mol. The first-order valence-corrected chi connectivity index (χ1v) is 6.85. The predicted octanol–water partition coefficient (Wildman–Crippen LogP) is 1.58. The molecule has 3 nitrogen and oxygen atoms in total. The minimum Gasteiger partial charge on any atom is -0.312 e. The molecule has 3 heteroatoms. The van der Waals surface area contributed by atoms with E-state index >= 15 is 0 Å². The van der Waals surface area contributed by atoms with E-state index in [2.05, 4.69) is 66.5 Å². The second kappa shape index (κ2) is 6.32. The van der Waals surface area contributed by atoms with E-state index in [-0.39, 0.29) is 0 Å². The van der Waals surface area contributed by atoms with Crippen molar-refractivity contribution >= 4 is 0 Å². The Kier molecular flexibility index (Phi) is 4.75. The summed E-state index contributed by atoms with van der Waals surface area (Å²) in [5.41, 5.74) is 1.38. The molecule has 2 unspecified atom stereocenters. The lowest BCUT2D eigenvalue weighted by Gasteiger charge is -2.39. The fourth-order valence-corrected chi connectivity index (χ4v) is 2.60. The molecule has 1 fully saturated rings. The van der Waals surface area contributed by atoms with Crippen molar-refractivity contribution in [3.63, 3.8) is 0 Å². The van der Waals surface area contributed by atoms with Crippen molar-refractivity contribution < 1.29 is 0 Å². The summed E-state index contributed by atoms with van der Waals surface area (Å²) in [6, 6.07) is 11.8. The second-order valence-corrected chi connectivity index (χ2v) is 5.34. The van der Waals surface area contributed by atoms with Gasteiger partial charge in [-0.3, -0.25) is 4.90 Å². The largest absolute Gasteiger partial charge is 0.312 e. The summed E-state index contributed by atoms with van der Waals surface area (Å²) < 4.78 is 0. The van der Waals surface area contributed by atoms with E-state index in [0.29, 0.717) is 12.1 Å². The number of rotatable bonds is 4. The van der Waals surface area contributed by atoms with E-state index in [1.807, 2.05) is 0 Å². The van der Waals surface area contributed by atoms with Crippen molar-refractivity contribution in [2.75, 3.05) is 40.3 Å². The van der Waals surface area contributed by atoms with Crippen LogP contribution < -0.4 is 5.32 Å². The van der Waals surface area contributed by atoms with Gasteiger partial charge in [0.25, 0.3) is 0 Å². The van der Waals surface area contributed by atoms with Crippen LogP contribution >= 0.6 is 0 Å². The highest BCUT2D eigenvalue weighted by Gasteiger charge is 2.22.